The van der Waals surface area contributed by atoms with Crippen molar-refractivity contribution >= 4 is 5.97 Å². The lowest BCUT2D eigenvalue weighted by Crippen LogP contribution is -2.34. The minimum absolute atomic E-state index is 0.00951. The molecule has 0 aromatic carbocycles. The van der Waals surface area contributed by atoms with Crippen LogP contribution in [0.15, 0.2) is 60.8 Å². The molecule has 0 aliphatic carbocycles. The Kier molecular flexibility index (Phi) is 17.9. The SMILES string of the molecule is CCC1OC(=O)C(C)C(O)CC(O)CCCC(O)CC(O)CC(O)C(C)C(O)\C=C/C=C\C=C/C=C\C=C/C1C. The third-order valence-electron chi connectivity index (χ3n) is 7.50. The normalized spacial score (nSPS) is 41.0. The Morgan fingerprint density at radius 1 is 0.700 bits per heavy atom. The zero-order valence-electron chi connectivity index (χ0n) is 24.5. The highest BCUT2D eigenvalue weighted by atomic mass is 16.5. The van der Waals surface area contributed by atoms with Crippen LogP contribution in [0.1, 0.15) is 72.6 Å². The maximum atomic E-state index is 12.7. The van der Waals surface area contributed by atoms with Gasteiger partial charge in [0.2, 0.25) is 0 Å². The Balaban J connectivity index is 2.94. The Morgan fingerprint density at radius 2 is 1.20 bits per heavy atom. The van der Waals surface area contributed by atoms with Gasteiger partial charge in [-0.25, -0.2) is 0 Å². The molecule has 0 spiro atoms. The minimum atomic E-state index is -1.07. The first-order valence-corrected chi connectivity index (χ1v) is 14.6. The number of carbonyl (C=O) groups is 1. The number of ether oxygens (including phenoxy) is 1. The first-order valence-electron chi connectivity index (χ1n) is 14.6. The second-order valence-corrected chi connectivity index (χ2v) is 11.0. The van der Waals surface area contributed by atoms with Crippen LogP contribution in [0.5, 0.6) is 0 Å². The van der Waals surface area contributed by atoms with Gasteiger partial charge in [0.25, 0.3) is 0 Å². The number of allylic oxidation sites excluding steroid dienone is 8. The van der Waals surface area contributed by atoms with E-state index in [-0.39, 0.29) is 31.3 Å². The lowest BCUT2D eigenvalue weighted by atomic mass is 9.91. The van der Waals surface area contributed by atoms with E-state index in [1.54, 1.807) is 32.1 Å². The highest BCUT2D eigenvalue weighted by Gasteiger charge is 2.29. The number of rotatable bonds is 1. The van der Waals surface area contributed by atoms with E-state index in [4.69, 9.17) is 4.74 Å². The standard InChI is InChI=1S/C32H52O8/c1-5-31-22(2)15-12-10-8-6-7-9-11-13-18-28(36)23(3)29(37)21-27(35)19-25(33)16-14-17-26(34)20-30(38)24(4)32(39)40-31/h6-13,15,18,22-31,33-38H,5,14,16-17,19-21H2,1-4H3/b7-6-,10-8-,11-9-,15-12-,18-13-. The average Bonchev–Trinajstić information content (AvgIpc) is 2.90. The van der Waals surface area contributed by atoms with E-state index in [2.05, 4.69) is 0 Å². The number of hydrogen-bond donors (Lipinski definition) is 6. The van der Waals surface area contributed by atoms with Gasteiger partial charge in [-0.3, -0.25) is 4.79 Å². The van der Waals surface area contributed by atoms with E-state index in [0.717, 1.165) is 0 Å². The van der Waals surface area contributed by atoms with E-state index >= 15 is 0 Å². The molecular formula is C32H52O8. The molecule has 228 valence electrons. The topological polar surface area (TPSA) is 148 Å². The van der Waals surface area contributed by atoms with Gasteiger partial charge in [-0.15, -0.1) is 0 Å². The fraction of sp³-hybridized carbons (Fsp3) is 0.656. The van der Waals surface area contributed by atoms with Crippen molar-refractivity contribution < 1.29 is 40.2 Å². The van der Waals surface area contributed by atoms with Gasteiger partial charge in [-0.2, -0.15) is 0 Å². The summed E-state index contributed by atoms with van der Waals surface area (Å²) in [7, 11) is 0. The van der Waals surface area contributed by atoms with Gasteiger partial charge in [0.15, 0.2) is 0 Å². The minimum Gasteiger partial charge on any atom is -0.461 e. The average molecular weight is 565 g/mol. The predicted octanol–water partition coefficient (Wildman–Crippen LogP) is 3.52. The monoisotopic (exact) mass is 564 g/mol. The van der Waals surface area contributed by atoms with Gasteiger partial charge in [0.05, 0.1) is 42.5 Å². The Morgan fingerprint density at radius 3 is 1.77 bits per heavy atom. The van der Waals surface area contributed by atoms with Crippen LogP contribution in [-0.4, -0.2) is 79.3 Å². The second kappa shape index (κ2) is 19.9. The molecule has 10 atom stereocenters. The van der Waals surface area contributed by atoms with Crippen LogP contribution in [0.3, 0.4) is 0 Å². The van der Waals surface area contributed by atoms with Gasteiger partial charge in [-0.05, 0) is 45.4 Å². The smallest absolute Gasteiger partial charge is 0.311 e. The zero-order valence-corrected chi connectivity index (χ0v) is 24.5. The molecule has 0 bridgehead atoms. The largest absolute Gasteiger partial charge is 0.461 e. The van der Waals surface area contributed by atoms with E-state index in [0.29, 0.717) is 25.7 Å². The molecular weight excluding hydrogens is 512 g/mol. The maximum absolute atomic E-state index is 12.7. The number of aliphatic hydroxyl groups excluding tert-OH is 6. The summed E-state index contributed by atoms with van der Waals surface area (Å²) >= 11 is 0. The summed E-state index contributed by atoms with van der Waals surface area (Å²) in [6.45, 7) is 7.18. The first kappa shape index (κ1) is 36.0. The Hall–Kier alpha value is -2.07. The Bertz CT molecular complexity index is 848. The zero-order chi connectivity index (χ0) is 30.1. The molecule has 1 aliphatic heterocycles. The van der Waals surface area contributed by atoms with Gasteiger partial charge in [0.1, 0.15) is 6.10 Å². The first-order chi connectivity index (χ1) is 19.0. The fourth-order valence-corrected chi connectivity index (χ4v) is 4.52. The molecule has 6 N–H and O–H groups in total. The maximum Gasteiger partial charge on any atom is 0.311 e. The number of esters is 1. The summed E-state index contributed by atoms with van der Waals surface area (Å²) in [5, 5.41) is 62.3. The van der Waals surface area contributed by atoms with Crippen LogP contribution in [0.2, 0.25) is 0 Å². The van der Waals surface area contributed by atoms with E-state index < -0.39 is 54.4 Å². The lowest BCUT2D eigenvalue weighted by Gasteiger charge is -2.26. The molecule has 0 saturated carbocycles. The van der Waals surface area contributed by atoms with Crippen molar-refractivity contribution in [3.8, 4) is 0 Å². The van der Waals surface area contributed by atoms with E-state index in [9.17, 15) is 35.4 Å². The molecule has 1 heterocycles. The van der Waals surface area contributed by atoms with E-state index in [1.807, 2.05) is 56.4 Å². The summed E-state index contributed by atoms with van der Waals surface area (Å²) < 4.78 is 5.68. The number of cyclic esters (lactones) is 1. The van der Waals surface area contributed by atoms with Crippen LogP contribution in [0.4, 0.5) is 0 Å². The van der Waals surface area contributed by atoms with Crippen molar-refractivity contribution in [2.75, 3.05) is 0 Å². The molecule has 0 amide bonds. The molecule has 1 rings (SSSR count). The van der Waals surface area contributed by atoms with Gasteiger partial charge in [-0.1, -0.05) is 81.5 Å². The molecule has 1 aliphatic rings. The summed E-state index contributed by atoms with van der Waals surface area (Å²) in [6, 6.07) is 0. The Labute approximate surface area is 240 Å². The van der Waals surface area contributed by atoms with Crippen molar-refractivity contribution in [3.05, 3.63) is 60.8 Å². The molecule has 40 heavy (non-hydrogen) atoms. The molecule has 0 aromatic rings. The molecule has 10 unspecified atom stereocenters. The summed E-state index contributed by atoms with van der Waals surface area (Å²) in [5.74, 6) is -1.85. The molecule has 0 radical (unpaired) electrons. The van der Waals surface area contributed by atoms with Crippen LogP contribution in [-0.2, 0) is 9.53 Å². The van der Waals surface area contributed by atoms with Crippen LogP contribution in [0, 0.1) is 17.8 Å². The van der Waals surface area contributed by atoms with Crippen molar-refractivity contribution in [1.29, 1.82) is 0 Å². The third-order valence-corrected chi connectivity index (χ3v) is 7.50. The number of aliphatic hydroxyl groups is 6. The van der Waals surface area contributed by atoms with Crippen molar-refractivity contribution in [1.82, 2.24) is 0 Å². The van der Waals surface area contributed by atoms with Gasteiger partial charge < -0.3 is 35.4 Å². The quantitative estimate of drug-likeness (QED) is 0.265. The van der Waals surface area contributed by atoms with Gasteiger partial charge in [0, 0.05) is 18.3 Å². The van der Waals surface area contributed by atoms with E-state index in [1.165, 1.54) is 0 Å². The fourth-order valence-electron chi connectivity index (χ4n) is 4.52. The number of carbonyl (C=O) groups excluding carboxylic acids is 1. The molecule has 0 saturated heterocycles. The van der Waals surface area contributed by atoms with Crippen molar-refractivity contribution in [2.45, 2.75) is 115 Å². The van der Waals surface area contributed by atoms with Gasteiger partial charge >= 0.3 is 5.97 Å². The molecule has 0 fully saturated rings. The van der Waals surface area contributed by atoms with Crippen LogP contribution in [0.25, 0.3) is 0 Å². The van der Waals surface area contributed by atoms with Crippen molar-refractivity contribution in [3.63, 3.8) is 0 Å². The lowest BCUT2D eigenvalue weighted by molar-refractivity contribution is -0.159. The molecule has 8 heteroatoms. The summed E-state index contributed by atoms with van der Waals surface area (Å²) in [6.07, 6.45) is 14.0. The molecule has 8 nitrogen and oxygen atoms in total. The highest BCUT2D eigenvalue weighted by molar-refractivity contribution is 5.72. The van der Waals surface area contributed by atoms with Crippen LogP contribution >= 0.6 is 0 Å². The third kappa shape index (κ3) is 14.5. The van der Waals surface area contributed by atoms with Crippen LogP contribution < -0.4 is 0 Å². The second-order valence-electron chi connectivity index (χ2n) is 11.0. The highest BCUT2D eigenvalue weighted by Crippen LogP contribution is 2.21. The predicted molar refractivity (Wildman–Crippen MR) is 157 cm³/mol. The number of hydrogen-bond acceptors (Lipinski definition) is 8. The molecule has 0 aromatic heterocycles. The summed E-state index contributed by atoms with van der Waals surface area (Å²) in [4.78, 5) is 12.7. The summed E-state index contributed by atoms with van der Waals surface area (Å²) in [5.41, 5.74) is 0. The van der Waals surface area contributed by atoms with Crippen molar-refractivity contribution in [2.24, 2.45) is 17.8 Å².